The van der Waals surface area contributed by atoms with Gasteiger partial charge in [0.1, 0.15) is 11.9 Å². The van der Waals surface area contributed by atoms with Crippen molar-refractivity contribution in [3.63, 3.8) is 0 Å². The largest absolute Gasteiger partial charge is 0.545 e. The Morgan fingerprint density at radius 2 is 1.89 bits per heavy atom. The molecule has 6 heteroatoms. The van der Waals surface area contributed by atoms with E-state index in [0.29, 0.717) is 11.4 Å². The summed E-state index contributed by atoms with van der Waals surface area (Å²) in [6.07, 6.45) is 3.58. The molecule has 0 aliphatic carbocycles. The lowest BCUT2D eigenvalue weighted by atomic mass is 10.2. The second-order valence-corrected chi connectivity index (χ2v) is 5.91. The molecule has 0 radical (unpaired) electrons. The van der Waals surface area contributed by atoms with Gasteiger partial charge in [-0.05, 0) is 48.0 Å². The Bertz CT molecular complexity index is 1170. The van der Waals surface area contributed by atoms with Crippen molar-refractivity contribution in [2.45, 2.75) is 0 Å². The number of para-hydroxylation sites is 2. The number of fused-ring (bicyclic) bond motifs is 1. The van der Waals surface area contributed by atoms with Crippen molar-refractivity contribution in [3.05, 3.63) is 83.9 Å². The molecule has 0 aliphatic heterocycles. The van der Waals surface area contributed by atoms with Crippen LogP contribution in [0, 0.1) is 11.3 Å². The first-order valence-electron chi connectivity index (χ1n) is 8.22. The molecule has 0 atom stereocenters. The van der Waals surface area contributed by atoms with Crippen LogP contribution in [0.1, 0.15) is 21.9 Å². The van der Waals surface area contributed by atoms with Gasteiger partial charge in [-0.2, -0.15) is 5.26 Å². The smallest absolute Gasteiger partial charge is 0.149 e. The van der Waals surface area contributed by atoms with Gasteiger partial charge < -0.3 is 19.5 Å². The molecule has 0 bridgehead atoms. The molecule has 0 amide bonds. The number of allylic oxidation sites excluding steroid dienone is 1. The van der Waals surface area contributed by atoms with Crippen molar-refractivity contribution in [1.82, 2.24) is 14.5 Å². The highest BCUT2D eigenvalue weighted by molar-refractivity contribution is 5.90. The van der Waals surface area contributed by atoms with E-state index < -0.39 is 5.97 Å². The van der Waals surface area contributed by atoms with Crippen LogP contribution in [0.4, 0.5) is 0 Å². The number of imidazole rings is 1. The number of nitriles is 1. The molecule has 1 N–H and O–H groups in total. The van der Waals surface area contributed by atoms with Crippen LogP contribution >= 0.6 is 0 Å². The van der Waals surface area contributed by atoms with Crippen LogP contribution in [0.5, 0.6) is 0 Å². The lowest BCUT2D eigenvalue weighted by molar-refractivity contribution is -0.255. The average molecular weight is 353 g/mol. The number of hydrogen-bond acceptors (Lipinski definition) is 4. The Kier molecular flexibility index (Phi) is 4.03. The Hall–Kier alpha value is -4.11. The predicted molar refractivity (Wildman–Crippen MR) is 99.7 cm³/mol. The third-order valence-corrected chi connectivity index (χ3v) is 4.22. The van der Waals surface area contributed by atoms with Gasteiger partial charge in [0.15, 0.2) is 0 Å². The summed E-state index contributed by atoms with van der Waals surface area (Å²) < 4.78 is 1.86. The number of carbonyl (C=O) groups is 1. The number of carbonyl (C=O) groups excluding carboxylic acids is 1. The zero-order valence-corrected chi connectivity index (χ0v) is 14.1. The van der Waals surface area contributed by atoms with Crippen LogP contribution in [0.2, 0.25) is 0 Å². The van der Waals surface area contributed by atoms with Gasteiger partial charge in [-0.15, -0.1) is 0 Å². The quantitative estimate of drug-likeness (QED) is 0.570. The maximum Gasteiger partial charge on any atom is 0.149 e. The van der Waals surface area contributed by atoms with Crippen molar-refractivity contribution < 1.29 is 9.90 Å². The summed E-state index contributed by atoms with van der Waals surface area (Å²) in [5.41, 5.74) is 3.72. The van der Waals surface area contributed by atoms with Crippen LogP contribution in [0.25, 0.3) is 28.4 Å². The zero-order valence-electron chi connectivity index (χ0n) is 14.1. The number of aromatic nitrogens is 3. The topological polar surface area (TPSA) is 97.5 Å². The molecule has 2 aromatic carbocycles. The van der Waals surface area contributed by atoms with Gasteiger partial charge >= 0.3 is 0 Å². The third-order valence-electron chi connectivity index (χ3n) is 4.22. The minimum Gasteiger partial charge on any atom is -0.545 e. The summed E-state index contributed by atoms with van der Waals surface area (Å²) in [5.74, 6) is -0.718. The number of benzene rings is 2. The number of carboxylic acids is 1. The van der Waals surface area contributed by atoms with Gasteiger partial charge in [-0.3, -0.25) is 0 Å². The highest BCUT2D eigenvalue weighted by Crippen LogP contribution is 2.21. The number of nitrogens with one attached hydrogen (secondary N) is 1. The SMILES string of the molecule is N#C/C(=C/c1cccn1-c1ccc(C(=O)[O-])cc1)c1nc2ccccc2[nH]1. The van der Waals surface area contributed by atoms with Gasteiger partial charge in [0.05, 0.1) is 22.6 Å². The van der Waals surface area contributed by atoms with Gasteiger partial charge in [0, 0.05) is 17.6 Å². The maximum atomic E-state index is 10.9. The van der Waals surface area contributed by atoms with Crippen LogP contribution in [-0.4, -0.2) is 20.5 Å². The van der Waals surface area contributed by atoms with Crippen LogP contribution in [-0.2, 0) is 0 Å². The third kappa shape index (κ3) is 3.10. The van der Waals surface area contributed by atoms with Gasteiger partial charge in [-0.1, -0.05) is 24.3 Å². The first-order chi connectivity index (χ1) is 13.2. The standard InChI is InChI=1S/C21H14N4O2/c22-13-15(20-23-18-5-1-2-6-19(18)24-20)12-17-4-3-11-25(17)16-9-7-14(8-10-16)21(26)27/h1-12H,(H,23,24)(H,26,27)/p-1/b15-12-. The number of aromatic carboxylic acids is 1. The van der Waals surface area contributed by atoms with E-state index in [4.69, 9.17) is 0 Å². The van der Waals surface area contributed by atoms with E-state index in [1.54, 1.807) is 18.2 Å². The second-order valence-electron chi connectivity index (χ2n) is 5.91. The molecule has 130 valence electrons. The molecule has 0 fully saturated rings. The van der Waals surface area contributed by atoms with Crippen molar-refractivity contribution in [3.8, 4) is 11.8 Å². The lowest BCUT2D eigenvalue weighted by Gasteiger charge is -2.09. The van der Waals surface area contributed by atoms with Crippen LogP contribution in [0.3, 0.4) is 0 Å². The summed E-state index contributed by atoms with van der Waals surface area (Å²) in [6, 6.07) is 19.9. The molecule has 4 aromatic rings. The summed E-state index contributed by atoms with van der Waals surface area (Å²) in [6.45, 7) is 0. The number of hydrogen-bond donors (Lipinski definition) is 1. The molecule has 2 heterocycles. The molecule has 4 rings (SSSR count). The minimum atomic E-state index is -1.22. The Balaban J connectivity index is 1.74. The highest BCUT2D eigenvalue weighted by atomic mass is 16.4. The minimum absolute atomic E-state index is 0.114. The fourth-order valence-corrected chi connectivity index (χ4v) is 2.89. The fourth-order valence-electron chi connectivity index (χ4n) is 2.89. The fraction of sp³-hybridized carbons (Fsp3) is 0. The number of nitrogens with zero attached hydrogens (tertiary/aromatic N) is 3. The second kappa shape index (κ2) is 6.65. The Labute approximate surface area is 154 Å². The first-order valence-corrected chi connectivity index (χ1v) is 8.22. The molecule has 0 unspecified atom stereocenters. The summed E-state index contributed by atoms with van der Waals surface area (Å²) >= 11 is 0. The first kappa shape index (κ1) is 16.4. The molecular weight excluding hydrogens is 340 g/mol. The molecule has 0 aliphatic rings. The van der Waals surface area contributed by atoms with Crippen molar-refractivity contribution in [2.24, 2.45) is 0 Å². The number of aromatic amines is 1. The molecule has 2 aromatic heterocycles. The predicted octanol–water partition coefficient (Wildman–Crippen LogP) is 2.78. The van der Waals surface area contributed by atoms with Gasteiger partial charge in [0.2, 0.25) is 0 Å². The Morgan fingerprint density at radius 3 is 2.59 bits per heavy atom. The number of rotatable bonds is 4. The van der Waals surface area contributed by atoms with E-state index in [1.807, 2.05) is 47.2 Å². The van der Waals surface area contributed by atoms with Crippen LogP contribution in [0.15, 0.2) is 66.9 Å². The van der Waals surface area contributed by atoms with Gasteiger partial charge in [0.25, 0.3) is 0 Å². The van der Waals surface area contributed by atoms with Gasteiger partial charge in [-0.25, -0.2) is 4.98 Å². The van der Waals surface area contributed by atoms with E-state index in [2.05, 4.69) is 16.0 Å². The highest BCUT2D eigenvalue weighted by Gasteiger charge is 2.09. The number of H-pyrrole nitrogens is 1. The van der Waals surface area contributed by atoms with Crippen molar-refractivity contribution in [1.29, 1.82) is 5.26 Å². The van der Waals surface area contributed by atoms with E-state index in [-0.39, 0.29) is 5.56 Å². The average Bonchev–Trinajstić information content (AvgIpc) is 3.32. The van der Waals surface area contributed by atoms with Crippen molar-refractivity contribution >= 4 is 28.7 Å². The lowest BCUT2D eigenvalue weighted by Crippen LogP contribution is -2.22. The summed E-state index contributed by atoms with van der Waals surface area (Å²) in [5, 5.41) is 20.5. The number of carboxylic acid groups (broad SMARTS) is 1. The molecule has 0 spiro atoms. The summed E-state index contributed by atoms with van der Waals surface area (Å²) in [7, 11) is 0. The molecule has 6 nitrogen and oxygen atoms in total. The monoisotopic (exact) mass is 353 g/mol. The molecule has 0 saturated carbocycles. The zero-order chi connectivity index (χ0) is 18.8. The Morgan fingerprint density at radius 1 is 1.11 bits per heavy atom. The van der Waals surface area contributed by atoms with E-state index in [0.717, 1.165) is 22.4 Å². The molecule has 0 saturated heterocycles. The van der Waals surface area contributed by atoms with E-state index in [9.17, 15) is 15.2 Å². The maximum absolute atomic E-state index is 10.9. The molecule has 27 heavy (non-hydrogen) atoms. The van der Waals surface area contributed by atoms with E-state index in [1.165, 1.54) is 12.1 Å². The van der Waals surface area contributed by atoms with E-state index >= 15 is 0 Å². The van der Waals surface area contributed by atoms with Crippen molar-refractivity contribution in [2.75, 3.05) is 0 Å². The summed E-state index contributed by atoms with van der Waals surface area (Å²) in [4.78, 5) is 18.5. The molecular formula is C21H13N4O2-. The normalized spacial score (nSPS) is 11.4. The van der Waals surface area contributed by atoms with Crippen LogP contribution < -0.4 is 5.11 Å².